The van der Waals surface area contributed by atoms with Gasteiger partial charge in [-0.1, -0.05) is 13.8 Å². The fourth-order valence-electron chi connectivity index (χ4n) is 2.44. The second kappa shape index (κ2) is 6.60. The zero-order valence-electron chi connectivity index (χ0n) is 13.8. The van der Waals surface area contributed by atoms with Gasteiger partial charge in [0.25, 0.3) is 5.91 Å². The Hall–Kier alpha value is -2.41. The van der Waals surface area contributed by atoms with Gasteiger partial charge in [-0.3, -0.25) is 9.59 Å². The fraction of sp³-hybridized carbons (Fsp3) is 0.353. The molecule has 0 saturated carbocycles. The van der Waals surface area contributed by atoms with E-state index in [1.807, 2.05) is 37.4 Å². The molecule has 0 spiro atoms. The maximum atomic E-state index is 11.8. The van der Waals surface area contributed by atoms with Crippen molar-refractivity contribution in [1.29, 1.82) is 0 Å². The van der Waals surface area contributed by atoms with Crippen molar-refractivity contribution in [2.45, 2.75) is 20.3 Å². The van der Waals surface area contributed by atoms with Gasteiger partial charge in [-0.05, 0) is 24.1 Å². The average molecular weight is 345 g/mol. The number of hydrogen-bond donors (Lipinski definition) is 1. The monoisotopic (exact) mass is 345 g/mol. The number of nitrogens with one attached hydrogen (secondary N) is 1. The SMILES string of the molecule is CC(C)CC(=O)Nc1nc(-c2ccc3c(c2)N(C)C(=O)CO3)cs1. The van der Waals surface area contributed by atoms with E-state index in [0.717, 1.165) is 16.9 Å². The number of nitrogens with zero attached hydrogens (tertiary/aromatic N) is 2. The van der Waals surface area contributed by atoms with Crippen molar-refractivity contribution in [3.8, 4) is 17.0 Å². The third-order valence-electron chi connectivity index (χ3n) is 3.69. The summed E-state index contributed by atoms with van der Waals surface area (Å²) in [5.74, 6) is 0.870. The maximum Gasteiger partial charge on any atom is 0.264 e. The van der Waals surface area contributed by atoms with E-state index in [9.17, 15) is 9.59 Å². The molecule has 0 aliphatic carbocycles. The van der Waals surface area contributed by atoms with Gasteiger partial charge in [-0.15, -0.1) is 11.3 Å². The number of ether oxygens (including phenoxy) is 1. The quantitative estimate of drug-likeness (QED) is 0.924. The Bertz CT molecular complexity index is 785. The fourth-order valence-corrected chi connectivity index (χ4v) is 3.17. The van der Waals surface area contributed by atoms with Crippen LogP contribution in [-0.2, 0) is 9.59 Å². The summed E-state index contributed by atoms with van der Waals surface area (Å²) in [4.78, 5) is 29.6. The van der Waals surface area contributed by atoms with Gasteiger partial charge in [0, 0.05) is 24.4 Å². The van der Waals surface area contributed by atoms with Crippen LogP contribution in [0.15, 0.2) is 23.6 Å². The van der Waals surface area contributed by atoms with E-state index in [0.29, 0.717) is 23.2 Å². The highest BCUT2D eigenvalue weighted by molar-refractivity contribution is 7.14. The number of rotatable bonds is 4. The number of carbonyl (C=O) groups excluding carboxylic acids is 2. The first-order valence-corrected chi connectivity index (χ1v) is 8.61. The molecule has 2 heterocycles. The zero-order chi connectivity index (χ0) is 17.3. The molecule has 0 atom stereocenters. The van der Waals surface area contributed by atoms with Crippen molar-refractivity contribution in [1.82, 2.24) is 4.98 Å². The number of hydrogen-bond acceptors (Lipinski definition) is 5. The molecule has 1 aliphatic heterocycles. The van der Waals surface area contributed by atoms with Gasteiger partial charge in [-0.25, -0.2) is 4.98 Å². The number of likely N-dealkylation sites (N-methyl/N-ethyl adjacent to an activating group) is 1. The molecule has 0 bridgehead atoms. The third-order valence-corrected chi connectivity index (χ3v) is 4.44. The lowest BCUT2D eigenvalue weighted by Gasteiger charge is -2.26. The summed E-state index contributed by atoms with van der Waals surface area (Å²) in [6, 6.07) is 5.61. The standard InChI is InChI=1S/C17H19N3O3S/c1-10(2)6-15(21)19-17-18-12(9-24-17)11-4-5-14-13(7-11)20(3)16(22)8-23-14/h4-5,7,9-10H,6,8H2,1-3H3,(H,18,19,21). The van der Waals surface area contributed by atoms with Crippen LogP contribution in [-0.4, -0.2) is 30.5 Å². The second-order valence-corrected chi connectivity index (χ2v) is 6.97. The molecule has 1 aromatic carbocycles. The van der Waals surface area contributed by atoms with E-state index in [-0.39, 0.29) is 18.4 Å². The molecule has 7 heteroatoms. The van der Waals surface area contributed by atoms with Crippen molar-refractivity contribution in [2.75, 3.05) is 23.9 Å². The van der Waals surface area contributed by atoms with Crippen LogP contribution < -0.4 is 15.0 Å². The number of anilines is 2. The molecular formula is C17H19N3O3S. The van der Waals surface area contributed by atoms with Crippen LogP contribution in [0.2, 0.25) is 0 Å². The predicted octanol–water partition coefficient (Wildman–Crippen LogP) is 3.15. The Morgan fingerprint density at radius 1 is 1.46 bits per heavy atom. The molecule has 0 saturated heterocycles. The highest BCUT2D eigenvalue weighted by Gasteiger charge is 2.23. The van der Waals surface area contributed by atoms with E-state index < -0.39 is 0 Å². The molecule has 0 unspecified atom stereocenters. The van der Waals surface area contributed by atoms with Gasteiger partial charge >= 0.3 is 0 Å². The normalized spacial score (nSPS) is 13.7. The smallest absolute Gasteiger partial charge is 0.264 e. The van der Waals surface area contributed by atoms with Crippen molar-refractivity contribution in [2.24, 2.45) is 5.92 Å². The predicted molar refractivity (Wildman–Crippen MR) is 94.5 cm³/mol. The van der Waals surface area contributed by atoms with Crippen molar-refractivity contribution >= 4 is 34.0 Å². The first-order chi connectivity index (χ1) is 11.4. The Kier molecular flexibility index (Phi) is 4.53. The van der Waals surface area contributed by atoms with E-state index >= 15 is 0 Å². The minimum atomic E-state index is -0.0837. The second-order valence-electron chi connectivity index (χ2n) is 6.11. The minimum absolute atomic E-state index is 0.0323. The van der Waals surface area contributed by atoms with Crippen LogP contribution in [0.4, 0.5) is 10.8 Å². The summed E-state index contributed by atoms with van der Waals surface area (Å²) in [5.41, 5.74) is 2.36. The van der Waals surface area contributed by atoms with Gasteiger partial charge in [0.1, 0.15) is 5.75 Å². The lowest BCUT2D eigenvalue weighted by molar-refractivity contribution is -0.121. The van der Waals surface area contributed by atoms with Crippen molar-refractivity contribution < 1.29 is 14.3 Å². The Morgan fingerprint density at radius 2 is 2.25 bits per heavy atom. The maximum absolute atomic E-state index is 11.8. The first kappa shape index (κ1) is 16.4. The number of benzene rings is 1. The van der Waals surface area contributed by atoms with Crippen LogP contribution >= 0.6 is 11.3 Å². The largest absolute Gasteiger partial charge is 0.482 e. The van der Waals surface area contributed by atoms with Gasteiger partial charge in [0.2, 0.25) is 5.91 Å². The molecule has 0 fully saturated rings. The third kappa shape index (κ3) is 3.41. The van der Waals surface area contributed by atoms with Gasteiger partial charge < -0.3 is 15.0 Å². The average Bonchev–Trinajstić information content (AvgIpc) is 2.98. The van der Waals surface area contributed by atoms with Crippen LogP contribution in [0.1, 0.15) is 20.3 Å². The molecule has 2 aromatic rings. The molecular weight excluding hydrogens is 326 g/mol. The molecule has 3 rings (SSSR count). The highest BCUT2D eigenvalue weighted by atomic mass is 32.1. The van der Waals surface area contributed by atoms with Gasteiger partial charge in [0.05, 0.1) is 11.4 Å². The van der Waals surface area contributed by atoms with Gasteiger partial charge in [-0.2, -0.15) is 0 Å². The van der Waals surface area contributed by atoms with E-state index in [2.05, 4.69) is 10.3 Å². The Morgan fingerprint density at radius 3 is 3.00 bits per heavy atom. The molecule has 0 radical (unpaired) electrons. The molecule has 1 aliphatic rings. The Labute approximate surface area is 144 Å². The molecule has 126 valence electrons. The van der Waals surface area contributed by atoms with E-state index in [1.165, 1.54) is 11.3 Å². The highest BCUT2D eigenvalue weighted by Crippen LogP contribution is 2.36. The molecule has 1 aromatic heterocycles. The van der Waals surface area contributed by atoms with Gasteiger partial charge in [0.15, 0.2) is 11.7 Å². The zero-order valence-corrected chi connectivity index (χ0v) is 14.6. The Balaban J connectivity index is 1.81. The number of amides is 2. The lowest BCUT2D eigenvalue weighted by Crippen LogP contribution is -2.35. The molecule has 6 nitrogen and oxygen atoms in total. The topological polar surface area (TPSA) is 71.5 Å². The summed E-state index contributed by atoms with van der Waals surface area (Å²) in [7, 11) is 1.73. The minimum Gasteiger partial charge on any atom is -0.482 e. The number of aromatic nitrogens is 1. The number of fused-ring (bicyclic) bond motifs is 1. The van der Waals surface area contributed by atoms with Crippen molar-refractivity contribution in [3.05, 3.63) is 23.6 Å². The molecule has 24 heavy (non-hydrogen) atoms. The van der Waals surface area contributed by atoms with Crippen molar-refractivity contribution in [3.63, 3.8) is 0 Å². The summed E-state index contributed by atoms with van der Waals surface area (Å²) >= 11 is 1.38. The first-order valence-electron chi connectivity index (χ1n) is 7.73. The van der Waals surface area contributed by atoms with Crippen LogP contribution in [0.5, 0.6) is 5.75 Å². The van der Waals surface area contributed by atoms with E-state index in [1.54, 1.807) is 11.9 Å². The number of carbonyl (C=O) groups is 2. The molecule has 2 amide bonds. The summed E-state index contributed by atoms with van der Waals surface area (Å²) < 4.78 is 5.43. The summed E-state index contributed by atoms with van der Waals surface area (Å²) in [5, 5.41) is 5.29. The van der Waals surface area contributed by atoms with Crippen LogP contribution in [0.3, 0.4) is 0 Å². The van der Waals surface area contributed by atoms with Crippen LogP contribution in [0.25, 0.3) is 11.3 Å². The van der Waals surface area contributed by atoms with E-state index in [4.69, 9.17) is 4.74 Å². The lowest BCUT2D eigenvalue weighted by atomic mass is 10.1. The number of thiazole rings is 1. The summed E-state index contributed by atoms with van der Waals surface area (Å²) in [6.45, 7) is 4.06. The van der Waals surface area contributed by atoms with Crippen LogP contribution in [0, 0.1) is 5.92 Å². The molecule has 1 N–H and O–H groups in total. The summed E-state index contributed by atoms with van der Waals surface area (Å²) in [6.07, 6.45) is 0.470.